The van der Waals surface area contributed by atoms with Crippen molar-refractivity contribution in [1.82, 2.24) is 5.32 Å². The maximum atomic E-state index is 11.5. The van der Waals surface area contributed by atoms with Gasteiger partial charge in [-0.25, -0.2) is 0 Å². The molecule has 1 aliphatic rings. The van der Waals surface area contributed by atoms with Crippen LogP contribution in [0.25, 0.3) is 0 Å². The van der Waals surface area contributed by atoms with E-state index in [1.165, 1.54) is 12.8 Å². The summed E-state index contributed by atoms with van der Waals surface area (Å²) < 4.78 is 0. The van der Waals surface area contributed by atoms with Gasteiger partial charge in [0.15, 0.2) is 0 Å². The number of hydrogen-bond acceptors (Lipinski definition) is 2. The first-order valence-electron chi connectivity index (χ1n) is 5.51. The summed E-state index contributed by atoms with van der Waals surface area (Å²) in [6.45, 7) is 1.29. The lowest BCUT2D eigenvalue weighted by Gasteiger charge is -2.07. The Morgan fingerprint density at radius 1 is 1.38 bits per heavy atom. The van der Waals surface area contributed by atoms with E-state index >= 15 is 0 Å². The van der Waals surface area contributed by atoms with Crippen LogP contribution in [0.5, 0.6) is 0 Å². The van der Waals surface area contributed by atoms with Crippen LogP contribution in [0.3, 0.4) is 0 Å². The molecule has 1 fully saturated rings. The summed E-state index contributed by atoms with van der Waals surface area (Å²) in [5.41, 5.74) is 0.669. The van der Waals surface area contributed by atoms with Crippen LogP contribution in [0.4, 0.5) is 5.69 Å². The fourth-order valence-electron chi connectivity index (χ4n) is 1.47. The molecule has 86 valence electrons. The molecule has 3 nitrogen and oxygen atoms in total. The lowest BCUT2D eigenvalue weighted by molar-refractivity contribution is -0.115. The van der Waals surface area contributed by atoms with Crippen molar-refractivity contribution in [2.75, 3.05) is 18.4 Å². The Labute approximate surface area is 100 Å². The molecule has 4 heteroatoms. The molecule has 0 heterocycles. The molecule has 1 aliphatic carbocycles. The summed E-state index contributed by atoms with van der Waals surface area (Å²) in [7, 11) is 0. The average Bonchev–Trinajstić information content (AvgIpc) is 3.05. The van der Waals surface area contributed by atoms with Crippen molar-refractivity contribution in [3.63, 3.8) is 0 Å². The Morgan fingerprint density at radius 2 is 2.12 bits per heavy atom. The average molecular weight is 239 g/mol. The first-order chi connectivity index (χ1) is 7.75. The molecular formula is C12H15ClN2O. The van der Waals surface area contributed by atoms with Crippen molar-refractivity contribution in [2.45, 2.75) is 12.8 Å². The lowest BCUT2D eigenvalue weighted by Crippen LogP contribution is -2.29. The van der Waals surface area contributed by atoms with Crippen molar-refractivity contribution >= 4 is 23.2 Å². The zero-order valence-corrected chi connectivity index (χ0v) is 9.76. The second kappa shape index (κ2) is 5.32. The van der Waals surface area contributed by atoms with E-state index < -0.39 is 0 Å². The monoisotopic (exact) mass is 238 g/mol. The van der Waals surface area contributed by atoms with Crippen molar-refractivity contribution in [3.8, 4) is 0 Å². The second-order valence-electron chi connectivity index (χ2n) is 4.10. The van der Waals surface area contributed by atoms with Crippen molar-refractivity contribution in [1.29, 1.82) is 0 Å². The van der Waals surface area contributed by atoms with Gasteiger partial charge < -0.3 is 10.6 Å². The van der Waals surface area contributed by atoms with Crippen LogP contribution in [0.2, 0.25) is 5.02 Å². The quantitative estimate of drug-likeness (QED) is 0.827. The molecule has 0 atom stereocenters. The molecule has 1 saturated carbocycles. The highest BCUT2D eigenvalue weighted by Gasteiger charge is 2.20. The summed E-state index contributed by atoms with van der Waals surface area (Å²) in [5, 5.41) is 6.47. The Morgan fingerprint density at radius 3 is 2.81 bits per heavy atom. The molecule has 0 saturated heterocycles. The highest BCUT2D eigenvalue weighted by atomic mass is 35.5. The number of amides is 1. The SMILES string of the molecule is O=C(CNCC1CC1)Nc1ccccc1Cl. The topological polar surface area (TPSA) is 41.1 Å². The van der Waals surface area contributed by atoms with Gasteiger partial charge in [-0.1, -0.05) is 23.7 Å². The van der Waals surface area contributed by atoms with Gasteiger partial charge in [0.2, 0.25) is 5.91 Å². The predicted molar refractivity (Wildman–Crippen MR) is 65.7 cm³/mol. The van der Waals surface area contributed by atoms with E-state index in [0.29, 0.717) is 17.3 Å². The van der Waals surface area contributed by atoms with Crippen LogP contribution >= 0.6 is 11.6 Å². The highest BCUT2D eigenvalue weighted by molar-refractivity contribution is 6.33. The summed E-state index contributed by atoms with van der Waals surface area (Å²) in [5.74, 6) is 0.738. The van der Waals surface area contributed by atoms with Gasteiger partial charge in [0, 0.05) is 0 Å². The number of halogens is 1. The van der Waals surface area contributed by atoms with Crippen LogP contribution < -0.4 is 10.6 Å². The van der Waals surface area contributed by atoms with Gasteiger partial charge in [-0.3, -0.25) is 4.79 Å². The smallest absolute Gasteiger partial charge is 0.238 e. The normalized spacial score (nSPS) is 14.8. The van der Waals surface area contributed by atoms with Gasteiger partial charge in [0.1, 0.15) is 0 Å². The highest BCUT2D eigenvalue weighted by Crippen LogP contribution is 2.27. The third kappa shape index (κ3) is 3.51. The van der Waals surface area contributed by atoms with E-state index in [9.17, 15) is 4.79 Å². The van der Waals surface area contributed by atoms with E-state index in [4.69, 9.17) is 11.6 Å². The number of rotatable bonds is 5. The van der Waals surface area contributed by atoms with Gasteiger partial charge in [0.25, 0.3) is 0 Å². The predicted octanol–water partition coefficient (Wildman–Crippen LogP) is 2.28. The number of carbonyl (C=O) groups excluding carboxylic acids is 1. The maximum absolute atomic E-state index is 11.5. The van der Waals surface area contributed by atoms with Gasteiger partial charge in [-0.2, -0.15) is 0 Å². The summed E-state index contributed by atoms with van der Waals surface area (Å²) in [6.07, 6.45) is 2.58. The van der Waals surface area contributed by atoms with Gasteiger partial charge >= 0.3 is 0 Å². The first-order valence-corrected chi connectivity index (χ1v) is 5.88. The van der Waals surface area contributed by atoms with Crippen LogP contribution in [0.1, 0.15) is 12.8 Å². The van der Waals surface area contributed by atoms with Gasteiger partial charge in [-0.05, 0) is 37.4 Å². The summed E-state index contributed by atoms with van der Waals surface area (Å²) in [6, 6.07) is 7.23. The number of hydrogen-bond donors (Lipinski definition) is 2. The first kappa shape index (κ1) is 11.4. The minimum atomic E-state index is -0.0475. The Hall–Kier alpha value is -1.06. The van der Waals surface area contributed by atoms with E-state index in [1.807, 2.05) is 12.1 Å². The largest absolute Gasteiger partial charge is 0.324 e. The minimum Gasteiger partial charge on any atom is -0.324 e. The molecule has 0 aliphatic heterocycles. The Balaban J connectivity index is 1.75. The molecule has 16 heavy (non-hydrogen) atoms. The number of benzene rings is 1. The number of carbonyl (C=O) groups is 1. The minimum absolute atomic E-state index is 0.0475. The van der Waals surface area contributed by atoms with E-state index in [-0.39, 0.29) is 5.91 Å². The second-order valence-corrected chi connectivity index (χ2v) is 4.51. The fourth-order valence-corrected chi connectivity index (χ4v) is 1.65. The van der Waals surface area contributed by atoms with Crippen molar-refractivity contribution < 1.29 is 4.79 Å². The van der Waals surface area contributed by atoms with E-state index in [1.54, 1.807) is 12.1 Å². The lowest BCUT2D eigenvalue weighted by atomic mass is 10.3. The van der Waals surface area contributed by atoms with E-state index in [0.717, 1.165) is 12.5 Å². The van der Waals surface area contributed by atoms with Gasteiger partial charge in [0.05, 0.1) is 17.3 Å². The molecule has 2 rings (SSSR count). The molecule has 0 unspecified atom stereocenters. The molecule has 1 aromatic carbocycles. The van der Waals surface area contributed by atoms with Crippen LogP contribution in [0.15, 0.2) is 24.3 Å². The molecule has 1 aromatic rings. The molecule has 1 amide bonds. The summed E-state index contributed by atoms with van der Waals surface area (Å²) >= 11 is 5.93. The Kier molecular flexibility index (Phi) is 3.80. The molecule has 0 radical (unpaired) electrons. The number of para-hydroxylation sites is 1. The molecule has 0 spiro atoms. The molecule has 0 aromatic heterocycles. The molecule has 2 N–H and O–H groups in total. The standard InChI is InChI=1S/C12H15ClN2O/c13-10-3-1-2-4-11(10)15-12(16)8-14-7-9-5-6-9/h1-4,9,14H,5-8H2,(H,15,16). The molecular weight excluding hydrogens is 224 g/mol. The van der Waals surface area contributed by atoms with E-state index in [2.05, 4.69) is 10.6 Å². The maximum Gasteiger partial charge on any atom is 0.238 e. The summed E-state index contributed by atoms with van der Waals surface area (Å²) in [4.78, 5) is 11.5. The third-order valence-corrected chi connectivity index (χ3v) is 2.89. The van der Waals surface area contributed by atoms with Gasteiger partial charge in [-0.15, -0.1) is 0 Å². The Bertz CT molecular complexity index is 377. The van der Waals surface area contributed by atoms with Crippen LogP contribution in [-0.4, -0.2) is 19.0 Å². The third-order valence-electron chi connectivity index (χ3n) is 2.56. The number of nitrogens with one attached hydrogen (secondary N) is 2. The number of anilines is 1. The van der Waals surface area contributed by atoms with Crippen molar-refractivity contribution in [3.05, 3.63) is 29.3 Å². The van der Waals surface area contributed by atoms with Crippen LogP contribution in [-0.2, 0) is 4.79 Å². The van der Waals surface area contributed by atoms with Crippen molar-refractivity contribution in [2.24, 2.45) is 5.92 Å². The fraction of sp³-hybridized carbons (Fsp3) is 0.417. The zero-order valence-electron chi connectivity index (χ0n) is 9.00. The van der Waals surface area contributed by atoms with Crippen LogP contribution in [0, 0.1) is 5.92 Å². The molecule has 0 bridgehead atoms. The zero-order chi connectivity index (χ0) is 11.4.